The van der Waals surface area contributed by atoms with Gasteiger partial charge in [0, 0.05) is 13.1 Å². The molecule has 0 amide bonds. The molecule has 0 radical (unpaired) electrons. The Kier molecular flexibility index (Phi) is 5.96. The summed E-state index contributed by atoms with van der Waals surface area (Å²) in [7, 11) is 0. The highest BCUT2D eigenvalue weighted by Crippen LogP contribution is 2.16. The molecule has 0 spiro atoms. The van der Waals surface area contributed by atoms with E-state index in [-0.39, 0.29) is 0 Å². The van der Waals surface area contributed by atoms with E-state index >= 15 is 0 Å². The molecular weight excluding hydrogens is 184 g/mol. The van der Waals surface area contributed by atoms with Crippen molar-refractivity contribution in [3.63, 3.8) is 0 Å². The second-order valence-electron chi connectivity index (χ2n) is 4.90. The summed E-state index contributed by atoms with van der Waals surface area (Å²) >= 11 is 0. The minimum atomic E-state index is 0.852. The van der Waals surface area contributed by atoms with Gasteiger partial charge in [-0.2, -0.15) is 0 Å². The number of rotatable bonds is 6. The van der Waals surface area contributed by atoms with E-state index in [1.807, 2.05) is 0 Å². The van der Waals surface area contributed by atoms with Gasteiger partial charge in [-0.05, 0) is 51.7 Å². The Balaban J connectivity index is 2.19. The lowest BCUT2D eigenvalue weighted by Gasteiger charge is -2.33. The van der Waals surface area contributed by atoms with Crippen LogP contribution in [-0.2, 0) is 0 Å². The molecule has 1 saturated heterocycles. The van der Waals surface area contributed by atoms with Crippen molar-refractivity contribution in [3.05, 3.63) is 12.2 Å². The average molecular weight is 210 g/mol. The van der Waals surface area contributed by atoms with Crippen LogP contribution in [0.4, 0.5) is 0 Å². The molecule has 0 aromatic heterocycles. The van der Waals surface area contributed by atoms with Gasteiger partial charge in [-0.1, -0.05) is 19.1 Å². The highest BCUT2D eigenvalue weighted by Gasteiger charge is 2.18. The molecule has 1 aliphatic heterocycles. The average Bonchev–Trinajstić information content (AvgIpc) is 2.18. The summed E-state index contributed by atoms with van der Waals surface area (Å²) in [5, 5.41) is 3.53. The van der Waals surface area contributed by atoms with Crippen LogP contribution in [0.25, 0.3) is 0 Å². The van der Waals surface area contributed by atoms with Crippen LogP contribution in [-0.4, -0.2) is 37.6 Å². The molecule has 2 nitrogen and oxygen atoms in total. The maximum Gasteiger partial charge on any atom is 0.0187 e. The molecule has 88 valence electrons. The predicted molar refractivity (Wildman–Crippen MR) is 67.1 cm³/mol. The van der Waals surface area contributed by atoms with Crippen LogP contribution in [0.3, 0.4) is 0 Å². The molecule has 15 heavy (non-hydrogen) atoms. The Morgan fingerprint density at radius 3 is 3.00 bits per heavy atom. The highest BCUT2D eigenvalue weighted by molar-refractivity contribution is 4.93. The fraction of sp³-hybridized carbons (Fsp3) is 0.846. The van der Waals surface area contributed by atoms with Crippen LogP contribution in [0.15, 0.2) is 12.2 Å². The first-order valence-electron chi connectivity index (χ1n) is 6.29. The molecule has 1 N–H and O–H groups in total. The molecule has 1 atom stereocenters. The minimum absolute atomic E-state index is 0.852. The van der Waals surface area contributed by atoms with Gasteiger partial charge in [0.2, 0.25) is 0 Å². The van der Waals surface area contributed by atoms with Gasteiger partial charge in [-0.15, -0.1) is 0 Å². The largest absolute Gasteiger partial charge is 0.316 e. The lowest BCUT2D eigenvalue weighted by atomic mass is 9.97. The zero-order valence-corrected chi connectivity index (χ0v) is 10.4. The van der Waals surface area contributed by atoms with Crippen LogP contribution >= 0.6 is 0 Å². The Hall–Kier alpha value is -0.340. The van der Waals surface area contributed by atoms with Crippen molar-refractivity contribution >= 4 is 0 Å². The van der Waals surface area contributed by atoms with Gasteiger partial charge >= 0.3 is 0 Å². The van der Waals surface area contributed by atoms with Gasteiger partial charge in [0.15, 0.2) is 0 Å². The molecule has 0 saturated carbocycles. The molecule has 0 aliphatic carbocycles. The Morgan fingerprint density at radius 1 is 1.53 bits per heavy atom. The second kappa shape index (κ2) is 7.02. The molecule has 0 aromatic rings. The molecule has 2 heteroatoms. The van der Waals surface area contributed by atoms with Gasteiger partial charge in [0.1, 0.15) is 0 Å². The van der Waals surface area contributed by atoms with Crippen molar-refractivity contribution in [2.24, 2.45) is 5.92 Å². The third kappa shape index (κ3) is 5.33. The maximum atomic E-state index is 3.99. The number of hydrogen-bond acceptors (Lipinski definition) is 2. The van der Waals surface area contributed by atoms with Gasteiger partial charge in [0.05, 0.1) is 0 Å². The number of piperidine rings is 1. The van der Waals surface area contributed by atoms with E-state index in [2.05, 4.69) is 30.6 Å². The number of likely N-dealkylation sites (tertiary alicyclic amines) is 1. The van der Waals surface area contributed by atoms with Gasteiger partial charge in [-0.3, -0.25) is 4.90 Å². The summed E-state index contributed by atoms with van der Waals surface area (Å²) in [4.78, 5) is 2.55. The number of nitrogens with zero attached hydrogens (tertiary/aromatic N) is 1. The van der Waals surface area contributed by atoms with Crippen molar-refractivity contribution < 1.29 is 0 Å². The van der Waals surface area contributed by atoms with Crippen molar-refractivity contribution in [1.29, 1.82) is 0 Å². The summed E-state index contributed by atoms with van der Waals surface area (Å²) in [6, 6.07) is 0. The topological polar surface area (TPSA) is 15.3 Å². The van der Waals surface area contributed by atoms with Crippen LogP contribution in [0.5, 0.6) is 0 Å². The molecule has 1 aliphatic rings. The van der Waals surface area contributed by atoms with E-state index in [4.69, 9.17) is 0 Å². The normalized spacial score (nSPS) is 22.9. The first-order valence-corrected chi connectivity index (χ1v) is 6.29. The molecule has 0 bridgehead atoms. The van der Waals surface area contributed by atoms with E-state index in [1.165, 1.54) is 44.5 Å². The quantitative estimate of drug-likeness (QED) is 0.534. The van der Waals surface area contributed by atoms with E-state index < -0.39 is 0 Å². The van der Waals surface area contributed by atoms with E-state index in [0.717, 1.165) is 19.0 Å². The van der Waals surface area contributed by atoms with Crippen molar-refractivity contribution in [2.45, 2.75) is 33.1 Å². The zero-order chi connectivity index (χ0) is 11.1. The molecule has 0 aromatic carbocycles. The predicted octanol–water partition coefficient (Wildman–Crippen LogP) is 2.27. The molecule has 1 fully saturated rings. The first kappa shape index (κ1) is 12.7. The summed E-state index contributed by atoms with van der Waals surface area (Å²) in [5.41, 5.74) is 1.29. The van der Waals surface area contributed by atoms with E-state index in [0.29, 0.717) is 0 Å². The third-order valence-corrected chi connectivity index (χ3v) is 2.96. The molecule has 1 rings (SSSR count). The van der Waals surface area contributed by atoms with E-state index in [9.17, 15) is 0 Å². The fourth-order valence-corrected chi connectivity index (χ4v) is 2.33. The monoisotopic (exact) mass is 210 g/mol. The van der Waals surface area contributed by atoms with Gasteiger partial charge in [-0.25, -0.2) is 0 Å². The van der Waals surface area contributed by atoms with Gasteiger partial charge < -0.3 is 5.32 Å². The number of hydrogen-bond donors (Lipinski definition) is 1. The Labute approximate surface area is 94.7 Å². The van der Waals surface area contributed by atoms with Crippen LogP contribution in [0.1, 0.15) is 33.1 Å². The number of nitrogens with one attached hydrogen (secondary N) is 1. The van der Waals surface area contributed by atoms with Crippen molar-refractivity contribution in [1.82, 2.24) is 10.2 Å². The van der Waals surface area contributed by atoms with Crippen molar-refractivity contribution in [3.8, 4) is 0 Å². The lowest BCUT2D eigenvalue weighted by Crippen LogP contribution is -2.40. The van der Waals surface area contributed by atoms with Crippen molar-refractivity contribution in [2.75, 3.05) is 32.7 Å². The lowest BCUT2D eigenvalue weighted by molar-refractivity contribution is 0.185. The zero-order valence-electron chi connectivity index (χ0n) is 10.4. The van der Waals surface area contributed by atoms with E-state index in [1.54, 1.807) is 0 Å². The van der Waals surface area contributed by atoms with Gasteiger partial charge in [0.25, 0.3) is 0 Å². The summed E-state index contributed by atoms with van der Waals surface area (Å²) in [6.45, 7) is 14.3. The molecule has 1 unspecified atom stereocenters. The van der Waals surface area contributed by atoms with Crippen LogP contribution in [0.2, 0.25) is 0 Å². The summed E-state index contributed by atoms with van der Waals surface area (Å²) in [5.74, 6) is 0.852. The molecular formula is C13H26N2. The SMILES string of the molecule is C=C(C)CN1CCCC(CNCCC)C1. The third-order valence-electron chi connectivity index (χ3n) is 2.96. The van der Waals surface area contributed by atoms with Crippen LogP contribution < -0.4 is 5.32 Å². The second-order valence-corrected chi connectivity index (χ2v) is 4.90. The highest BCUT2D eigenvalue weighted by atomic mass is 15.1. The molecule has 1 heterocycles. The Bertz CT molecular complexity index is 189. The summed E-state index contributed by atoms with van der Waals surface area (Å²) in [6.07, 6.45) is 3.98. The summed E-state index contributed by atoms with van der Waals surface area (Å²) < 4.78 is 0. The smallest absolute Gasteiger partial charge is 0.0187 e. The fourth-order valence-electron chi connectivity index (χ4n) is 2.33. The first-order chi connectivity index (χ1) is 7.22. The minimum Gasteiger partial charge on any atom is -0.316 e. The Morgan fingerprint density at radius 2 is 2.33 bits per heavy atom. The maximum absolute atomic E-state index is 3.99. The van der Waals surface area contributed by atoms with Crippen LogP contribution in [0, 0.1) is 5.92 Å². The standard InChI is InChI=1S/C13H26N2/c1-4-7-14-9-13-6-5-8-15(11-13)10-12(2)3/h13-14H,2,4-11H2,1,3H3.